The summed E-state index contributed by atoms with van der Waals surface area (Å²) in [5, 5.41) is 0. The van der Waals surface area contributed by atoms with E-state index in [9.17, 15) is 0 Å². The maximum Gasteiger partial charge on any atom is 0.442 e. The van der Waals surface area contributed by atoms with E-state index >= 15 is 0 Å². The van der Waals surface area contributed by atoms with Gasteiger partial charge in [-0.05, 0) is 36.4 Å². The Kier molecular flexibility index (Phi) is 6.82. The van der Waals surface area contributed by atoms with Crippen LogP contribution in [0.15, 0.2) is 58.3 Å². The maximum absolute atomic E-state index is 5.37. The fourth-order valence-electron chi connectivity index (χ4n) is 1.49. The topological polar surface area (TPSA) is 36.9 Å². The minimum atomic E-state index is 0.0845. The van der Waals surface area contributed by atoms with E-state index in [0.29, 0.717) is 11.5 Å². The van der Waals surface area contributed by atoms with Crippen molar-refractivity contribution in [3.63, 3.8) is 0 Å². The predicted molar refractivity (Wildman–Crippen MR) is 87.7 cm³/mol. The summed E-state index contributed by atoms with van der Waals surface area (Å²) in [4.78, 5) is 1.67. The number of hydrogen-bond acceptors (Lipinski definition) is 6. The average Bonchev–Trinajstić information content (AvgIpc) is 2.46. The smallest absolute Gasteiger partial charge is 0.442 e. The standard InChI is InChI=1S/C14H15BO4S2/c20-13-5-1-3-11(7-13)16-9-18-15-19-10-17-12-4-2-6-14(21)8-12/h1-8,15,20-21H,9-10H2. The zero-order chi connectivity index (χ0) is 14.9. The highest BCUT2D eigenvalue weighted by Gasteiger charge is 1.98. The van der Waals surface area contributed by atoms with E-state index in [4.69, 9.17) is 18.8 Å². The van der Waals surface area contributed by atoms with Gasteiger partial charge in [-0.2, -0.15) is 0 Å². The van der Waals surface area contributed by atoms with Crippen molar-refractivity contribution in [1.29, 1.82) is 0 Å². The molecule has 0 amide bonds. The molecule has 2 aromatic carbocycles. The second-order valence-corrected chi connectivity index (χ2v) is 5.08. The molecule has 0 fully saturated rings. The van der Waals surface area contributed by atoms with Gasteiger partial charge in [-0.15, -0.1) is 25.3 Å². The van der Waals surface area contributed by atoms with Gasteiger partial charge >= 0.3 is 7.69 Å². The van der Waals surface area contributed by atoms with Gasteiger partial charge in [0.1, 0.15) is 11.5 Å². The molecule has 0 saturated heterocycles. The largest absolute Gasteiger partial charge is 0.469 e. The predicted octanol–water partition coefficient (Wildman–Crippen LogP) is 2.94. The van der Waals surface area contributed by atoms with Crippen LogP contribution in [0.1, 0.15) is 0 Å². The number of hydrogen-bond donors (Lipinski definition) is 2. The SMILES string of the molecule is Sc1cccc(OCOBOCOc2cccc(S)c2)c1. The molecule has 21 heavy (non-hydrogen) atoms. The van der Waals surface area contributed by atoms with Crippen LogP contribution in [-0.4, -0.2) is 21.3 Å². The molecule has 4 nitrogen and oxygen atoms in total. The van der Waals surface area contributed by atoms with E-state index in [0.717, 1.165) is 9.79 Å². The molecule has 0 heterocycles. The molecular weight excluding hydrogens is 307 g/mol. The second-order valence-electron chi connectivity index (χ2n) is 4.05. The molecule has 0 atom stereocenters. The minimum absolute atomic E-state index is 0.0845. The zero-order valence-corrected chi connectivity index (χ0v) is 13.1. The third-order valence-electron chi connectivity index (χ3n) is 2.42. The lowest BCUT2D eigenvalue weighted by molar-refractivity contribution is 0.0601. The van der Waals surface area contributed by atoms with E-state index < -0.39 is 0 Å². The molecule has 0 unspecified atom stereocenters. The molecule has 0 saturated carbocycles. The van der Waals surface area contributed by atoms with Crippen molar-refractivity contribution < 1.29 is 18.8 Å². The Morgan fingerprint density at radius 1 is 0.762 bits per heavy atom. The van der Waals surface area contributed by atoms with Crippen molar-refractivity contribution >= 4 is 32.9 Å². The molecule has 0 aliphatic heterocycles. The molecule has 0 aromatic heterocycles. The molecule has 2 rings (SSSR count). The summed E-state index contributed by atoms with van der Waals surface area (Å²) in [7, 11) is 0.0845. The van der Waals surface area contributed by atoms with Gasteiger partial charge in [-0.1, -0.05) is 12.1 Å². The third kappa shape index (κ3) is 6.35. The molecule has 0 bridgehead atoms. The van der Waals surface area contributed by atoms with Crippen LogP contribution in [0.5, 0.6) is 11.5 Å². The Labute approximate surface area is 135 Å². The van der Waals surface area contributed by atoms with E-state index in [-0.39, 0.29) is 21.3 Å². The first-order valence-corrected chi connectivity index (χ1v) is 7.12. The Hall–Kier alpha value is -1.28. The van der Waals surface area contributed by atoms with E-state index in [1.165, 1.54) is 0 Å². The van der Waals surface area contributed by atoms with E-state index in [1.807, 2.05) is 36.4 Å². The van der Waals surface area contributed by atoms with Gasteiger partial charge in [0.05, 0.1) is 0 Å². The van der Waals surface area contributed by atoms with Crippen molar-refractivity contribution in [2.24, 2.45) is 0 Å². The summed E-state index contributed by atoms with van der Waals surface area (Å²) in [5.41, 5.74) is 0. The normalized spacial score (nSPS) is 10.2. The highest BCUT2D eigenvalue weighted by Crippen LogP contribution is 2.16. The molecule has 0 aliphatic carbocycles. The van der Waals surface area contributed by atoms with Gasteiger partial charge in [0.15, 0.2) is 13.6 Å². The first-order chi connectivity index (χ1) is 10.2. The highest BCUT2D eigenvalue weighted by atomic mass is 32.1. The molecule has 0 radical (unpaired) electrons. The maximum atomic E-state index is 5.37. The van der Waals surface area contributed by atoms with Gasteiger partial charge in [-0.3, -0.25) is 0 Å². The van der Waals surface area contributed by atoms with Crippen molar-refractivity contribution in [3.05, 3.63) is 48.5 Å². The molecule has 2 aromatic rings. The third-order valence-corrected chi connectivity index (χ3v) is 2.98. The monoisotopic (exact) mass is 322 g/mol. The first-order valence-electron chi connectivity index (χ1n) is 6.23. The van der Waals surface area contributed by atoms with E-state index in [2.05, 4.69) is 25.3 Å². The van der Waals surface area contributed by atoms with Gasteiger partial charge in [0, 0.05) is 9.79 Å². The number of ether oxygens (including phenoxy) is 2. The van der Waals surface area contributed by atoms with Crippen molar-refractivity contribution in [3.8, 4) is 11.5 Å². The molecular formula is C14H15BO4S2. The van der Waals surface area contributed by atoms with Crippen LogP contribution in [0.25, 0.3) is 0 Å². The summed E-state index contributed by atoms with van der Waals surface area (Å²) in [6, 6.07) is 14.7. The fraction of sp³-hybridized carbons (Fsp3) is 0.143. The summed E-state index contributed by atoms with van der Waals surface area (Å²) in [6.45, 7) is 0.201. The number of thiol groups is 2. The Bertz CT molecular complexity index is 519. The first kappa shape index (κ1) is 16.1. The van der Waals surface area contributed by atoms with Gasteiger partial charge < -0.3 is 18.8 Å². The second kappa shape index (κ2) is 8.89. The summed E-state index contributed by atoms with van der Waals surface area (Å²) >= 11 is 8.44. The van der Waals surface area contributed by atoms with Gasteiger partial charge in [-0.25, -0.2) is 0 Å². The van der Waals surface area contributed by atoms with Crippen LogP contribution >= 0.6 is 25.3 Å². The summed E-state index contributed by atoms with van der Waals surface area (Å²) in [6.07, 6.45) is 0. The van der Waals surface area contributed by atoms with Crippen molar-refractivity contribution in [2.45, 2.75) is 9.79 Å². The summed E-state index contributed by atoms with van der Waals surface area (Å²) in [5.74, 6) is 1.40. The lowest BCUT2D eigenvalue weighted by Gasteiger charge is -2.09. The van der Waals surface area contributed by atoms with Crippen molar-refractivity contribution in [2.75, 3.05) is 13.6 Å². The Morgan fingerprint density at radius 2 is 1.24 bits per heavy atom. The van der Waals surface area contributed by atoms with Crippen LogP contribution in [-0.2, 0) is 9.31 Å². The van der Waals surface area contributed by atoms with Crippen LogP contribution in [0.4, 0.5) is 0 Å². The Balaban J connectivity index is 1.54. The number of rotatable bonds is 8. The van der Waals surface area contributed by atoms with Gasteiger partial charge in [0.25, 0.3) is 0 Å². The van der Waals surface area contributed by atoms with Crippen LogP contribution in [0.3, 0.4) is 0 Å². The lowest BCUT2D eigenvalue weighted by Crippen LogP contribution is -2.13. The zero-order valence-electron chi connectivity index (χ0n) is 11.3. The molecule has 7 heteroatoms. The summed E-state index contributed by atoms with van der Waals surface area (Å²) < 4.78 is 21.1. The molecule has 110 valence electrons. The average molecular weight is 322 g/mol. The Morgan fingerprint density at radius 3 is 1.67 bits per heavy atom. The minimum Gasteiger partial charge on any atom is -0.469 e. The van der Waals surface area contributed by atoms with Crippen molar-refractivity contribution in [1.82, 2.24) is 0 Å². The van der Waals surface area contributed by atoms with Crippen LogP contribution < -0.4 is 9.47 Å². The fourth-order valence-corrected chi connectivity index (χ4v) is 1.92. The number of benzene rings is 2. The van der Waals surface area contributed by atoms with Gasteiger partial charge in [0.2, 0.25) is 0 Å². The van der Waals surface area contributed by atoms with Crippen LogP contribution in [0.2, 0.25) is 0 Å². The molecule has 0 spiro atoms. The van der Waals surface area contributed by atoms with E-state index in [1.54, 1.807) is 12.1 Å². The highest BCUT2D eigenvalue weighted by molar-refractivity contribution is 7.80. The van der Waals surface area contributed by atoms with Crippen LogP contribution in [0, 0.1) is 0 Å². The quantitative estimate of drug-likeness (QED) is 0.339. The lowest BCUT2D eigenvalue weighted by atomic mass is 10.3. The molecule has 0 N–H and O–H groups in total. The molecule has 0 aliphatic rings.